The van der Waals surface area contributed by atoms with Crippen LogP contribution in [0.5, 0.6) is 0 Å². The molecule has 4 nitrogen and oxygen atoms in total. The van der Waals surface area contributed by atoms with Gasteiger partial charge in [0.2, 0.25) is 0 Å². The molecule has 5 heteroatoms. The van der Waals surface area contributed by atoms with Crippen LogP contribution in [-0.4, -0.2) is 11.8 Å². The second kappa shape index (κ2) is 8.29. The summed E-state index contributed by atoms with van der Waals surface area (Å²) in [5, 5.41) is 3.55. The van der Waals surface area contributed by atoms with Gasteiger partial charge in [0.05, 0.1) is 16.3 Å². The molecule has 0 spiro atoms. The number of aryl methyl sites for hydroxylation is 1. The summed E-state index contributed by atoms with van der Waals surface area (Å²) in [6, 6.07) is 22.3. The number of amides is 2. The minimum Gasteiger partial charge on any atom is -0.350 e. The largest absolute Gasteiger partial charge is 0.350 e. The van der Waals surface area contributed by atoms with Gasteiger partial charge in [0.15, 0.2) is 0 Å². The Morgan fingerprint density at radius 2 is 1.44 bits per heavy atom. The number of anilines is 2. The molecule has 0 aliphatic carbocycles. The Labute approximate surface area is 193 Å². The summed E-state index contributed by atoms with van der Waals surface area (Å²) < 4.78 is 0. The van der Waals surface area contributed by atoms with Crippen molar-refractivity contribution in [2.45, 2.75) is 33.1 Å². The van der Waals surface area contributed by atoms with Gasteiger partial charge >= 0.3 is 0 Å². The molecule has 0 atom stereocenters. The number of hydrogen-bond donors (Lipinski definition) is 1. The van der Waals surface area contributed by atoms with E-state index in [1.165, 1.54) is 5.56 Å². The summed E-state index contributed by atoms with van der Waals surface area (Å²) >= 11 is 6.33. The number of carbonyl (C=O) groups is 2. The van der Waals surface area contributed by atoms with E-state index in [1.54, 1.807) is 24.3 Å². The summed E-state index contributed by atoms with van der Waals surface area (Å²) in [5.74, 6) is -0.834. The first-order valence-corrected chi connectivity index (χ1v) is 10.9. The molecule has 0 unspecified atom stereocenters. The van der Waals surface area contributed by atoms with Crippen molar-refractivity contribution in [2.75, 3.05) is 10.2 Å². The van der Waals surface area contributed by atoms with Crippen LogP contribution < -0.4 is 10.2 Å². The fourth-order valence-electron chi connectivity index (χ4n) is 3.68. The van der Waals surface area contributed by atoms with E-state index in [-0.39, 0.29) is 11.1 Å². The predicted octanol–water partition coefficient (Wildman–Crippen LogP) is 6.34. The van der Waals surface area contributed by atoms with Crippen LogP contribution in [0.25, 0.3) is 5.57 Å². The molecular weight excluding hydrogens is 420 g/mol. The van der Waals surface area contributed by atoms with E-state index in [0.717, 1.165) is 16.2 Å². The fraction of sp³-hybridized carbons (Fsp3) is 0.185. The lowest BCUT2D eigenvalue weighted by Crippen LogP contribution is -2.32. The average Bonchev–Trinajstić information content (AvgIpc) is 2.99. The average molecular weight is 445 g/mol. The lowest BCUT2D eigenvalue weighted by Gasteiger charge is -2.19. The molecule has 0 aromatic heterocycles. The lowest BCUT2D eigenvalue weighted by molar-refractivity contribution is -0.120. The molecular formula is C27H25ClN2O2. The highest BCUT2D eigenvalue weighted by molar-refractivity contribution is 6.48. The first kappa shape index (κ1) is 21.8. The quantitative estimate of drug-likeness (QED) is 0.477. The Balaban J connectivity index is 1.79. The molecule has 1 heterocycles. The third-order valence-corrected chi connectivity index (χ3v) is 5.86. The third kappa shape index (κ3) is 4.06. The van der Waals surface area contributed by atoms with Crippen LogP contribution >= 0.6 is 11.6 Å². The number of halogens is 1. The molecule has 2 amide bonds. The van der Waals surface area contributed by atoms with Crippen molar-refractivity contribution < 1.29 is 9.59 Å². The smallest absolute Gasteiger partial charge is 0.282 e. The van der Waals surface area contributed by atoms with Gasteiger partial charge in [-0.25, -0.2) is 4.90 Å². The van der Waals surface area contributed by atoms with Crippen LogP contribution in [0.1, 0.15) is 37.5 Å². The van der Waals surface area contributed by atoms with E-state index < -0.39 is 11.8 Å². The van der Waals surface area contributed by atoms with Crippen molar-refractivity contribution in [3.8, 4) is 0 Å². The Kier molecular flexibility index (Phi) is 5.66. The van der Waals surface area contributed by atoms with Gasteiger partial charge in [0.25, 0.3) is 11.8 Å². The number of imide groups is 1. The molecule has 4 rings (SSSR count). The summed E-state index contributed by atoms with van der Waals surface area (Å²) in [4.78, 5) is 28.1. The maximum Gasteiger partial charge on any atom is 0.282 e. The zero-order valence-corrected chi connectivity index (χ0v) is 19.3. The molecule has 1 aliphatic heterocycles. The van der Waals surface area contributed by atoms with E-state index >= 15 is 0 Å². The molecule has 0 bridgehead atoms. The van der Waals surface area contributed by atoms with E-state index in [9.17, 15) is 9.59 Å². The topological polar surface area (TPSA) is 49.4 Å². The Morgan fingerprint density at radius 1 is 0.812 bits per heavy atom. The van der Waals surface area contributed by atoms with Crippen LogP contribution in [-0.2, 0) is 15.0 Å². The van der Waals surface area contributed by atoms with Crippen molar-refractivity contribution in [1.82, 2.24) is 0 Å². The zero-order chi connectivity index (χ0) is 23.0. The zero-order valence-electron chi connectivity index (χ0n) is 18.6. The van der Waals surface area contributed by atoms with Gasteiger partial charge in [0, 0.05) is 5.69 Å². The van der Waals surface area contributed by atoms with E-state index in [0.29, 0.717) is 21.8 Å². The number of hydrogen-bond acceptors (Lipinski definition) is 3. The number of para-hydroxylation sites is 1. The van der Waals surface area contributed by atoms with Crippen molar-refractivity contribution in [3.05, 3.63) is 100 Å². The highest BCUT2D eigenvalue weighted by Gasteiger charge is 2.41. The van der Waals surface area contributed by atoms with Crippen molar-refractivity contribution >= 4 is 40.4 Å². The van der Waals surface area contributed by atoms with E-state index in [4.69, 9.17) is 11.6 Å². The van der Waals surface area contributed by atoms with Crippen LogP contribution in [0.4, 0.5) is 11.4 Å². The molecule has 0 saturated heterocycles. The van der Waals surface area contributed by atoms with Gasteiger partial charge in [0.1, 0.15) is 5.70 Å². The van der Waals surface area contributed by atoms with Crippen molar-refractivity contribution in [1.29, 1.82) is 0 Å². The minimum atomic E-state index is -0.432. The Hall–Kier alpha value is -3.37. The molecule has 162 valence electrons. The number of benzene rings is 3. The van der Waals surface area contributed by atoms with Gasteiger partial charge < -0.3 is 5.32 Å². The molecule has 0 fully saturated rings. The second-order valence-corrected chi connectivity index (χ2v) is 9.37. The van der Waals surface area contributed by atoms with Gasteiger partial charge in [-0.05, 0) is 47.7 Å². The monoisotopic (exact) mass is 444 g/mol. The van der Waals surface area contributed by atoms with Crippen LogP contribution in [0.15, 0.2) is 78.5 Å². The van der Waals surface area contributed by atoms with Crippen molar-refractivity contribution in [2.24, 2.45) is 0 Å². The van der Waals surface area contributed by atoms with Gasteiger partial charge in [-0.15, -0.1) is 0 Å². The van der Waals surface area contributed by atoms with Gasteiger partial charge in [-0.3, -0.25) is 9.59 Å². The third-order valence-electron chi connectivity index (χ3n) is 5.54. The fourth-order valence-corrected chi connectivity index (χ4v) is 3.90. The molecule has 0 saturated carbocycles. The highest BCUT2D eigenvalue weighted by Crippen LogP contribution is 2.37. The van der Waals surface area contributed by atoms with Gasteiger partial charge in [-0.2, -0.15) is 0 Å². The first-order chi connectivity index (χ1) is 15.2. The molecule has 1 aliphatic rings. The Morgan fingerprint density at radius 3 is 2.03 bits per heavy atom. The highest BCUT2D eigenvalue weighted by atomic mass is 35.5. The molecule has 0 radical (unpaired) electrons. The number of nitrogens with one attached hydrogen (secondary N) is 1. The van der Waals surface area contributed by atoms with Crippen LogP contribution in [0.3, 0.4) is 0 Å². The summed E-state index contributed by atoms with van der Waals surface area (Å²) in [7, 11) is 0. The molecule has 3 aromatic carbocycles. The molecule has 32 heavy (non-hydrogen) atoms. The van der Waals surface area contributed by atoms with E-state index in [2.05, 4.69) is 26.1 Å². The predicted molar refractivity (Wildman–Crippen MR) is 131 cm³/mol. The second-order valence-electron chi connectivity index (χ2n) is 8.97. The first-order valence-electron chi connectivity index (χ1n) is 10.5. The van der Waals surface area contributed by atoms with Crippen LogP contribution in [0, 0.1) is 6.92 Å². The maximum absolute atomic E-state index is 13.5. The Bertz CT molecular complexity index is 1220. The maximum atomic E-state index is 13.5. The van der Waals surface area contributed by atoms with E-state index in [1.807, 2.05) is 55.5 Å². The molecule has 3 aromatic rings. The SMILES string of the molecule is Cc1ccc(C2=C(Nc3ccc(C(C)(C)C)cc3)C(=O)N(c3ccccc3Cl)C2=O)cc1. The molecule has 1 N–H and O–H groups in total. The summed E-state index contributed by atoms with van der Waals surface area (Å²) in [5.41, 5.74) is 4.62. The summed E-state index contributed by atoms with van der Waals surface area (Å²) in [6.07, 6.45) is 0. The minimum absolute atomic E-state index is 0.0187. The standard InChI is InChI=1S/C27H25ClN2O2/c1-17-9-11-18(12-10-17)23-24(29-20-15-13-19(14-16-20)27(2,3)4)26(32)30(25(23)31)22-8-6-5-7-21(22)28/h5-16,29H,1-4H3. The normalized spacial score (nSPS) is 14.3. The number of nitrogens with zero attached hydrogens (tertiary/aromatic N) is 1. The summed E-state index contributed by atoms with van der Waals surface area (Å²) in [6.45, 7) is 8.42. The lowest BCUT2D eigenvalue weighted by atomic mass is 9.87. The van der Waals surface area contributed by atoms with Gasteiger partial charge in [-0.1, -0.05) is 86.5 Å². The van der Waals surface area contributed by atoms with Crippen LogP contribution in [0.2, 0.25) is 5.02 Å². The number of rotatable bonds is 4. The number of carbonyl (C=O) groups excluding carboxylic acids is 2. The van der Waals surface area contributed by atoms with Crippen molar-refractivity contribution in [3.63, 3.8) is 0 Å².